The maximum atomic E-state index is 14.0. The van der Waals surface area contributed by atoms with E-state index in [0.29, 0.717) is 0 Å². The standard InChI is InChI=1S/C20H17OP/c1-2-17-13-15-20(16-14-17)22(21,18-9-5-3-6-10-18)19-11-7-4-8-12-19/h2-16H,1H2. The Balaban J connectivity index is 2.23. The van der Waals surface area contributed by atoms with E-state index in [0.717, 1.165) is 21.5 Å². The highest BCUT2D eigenvalue weighted by atomic mass is 31.2. The van der Waals surface area contributed by atoms with E-state index in [2.05, 4.69) is 6.58 Å². The molecule has 0 fully saturated rings. The van der Waals surface area contributed by atoms with Gasteiger partial charge in [-0.05, 0) is 5.56 Å². The molecule has 0 bridgehead atoms. The second kappa shape index (κ2) is 6.17. The second-order valence-corrected chi connectivity index (χ2v) is 7.84. The van der Waals surface area contributed by atoms with Crippen molar-refractivity contribution in [1.29, 1.82) is 0 Å². The first-order valence-corrected chi connectivity index (χ1v) is 8.90. The van der Waals surface area contributed by atoms with Gasteiger partial charge in [0, 0.05) is 15.9 Å². The summed E-state index contributed by atoms with van der Waals surface area (Å²) in [5, 5.41) is 2.55. The summed E-state index contributed by atoms with van der Waals surface area (Å²) in [6.07, 6.45) is 1.79. The topological polar surface area (TPSA) is 17.1 Å². The lowest BCUT2D eigenvalue weighted by Crippen LogP contribution is -2.24. The summed E-state index contributed by atoms with van der Waals surface area (Å²) in [5.41, 5.74) is 1.02. The summed E-state index contributed by atoms with van der Waals surface area (Å²) < 4.78 is 14.0. The Hall–Kier alpha value is -2.37. The van der Waals surface area contributed by atoms with Crippen molar-refractivity contribution in [3.8, 4) is 0 Å². The van der Waals surface area contributed by atoms with Gasteiger partial charge in [0.2, 0.25) is 0 Å². The van der Waals surface area contributed by atoms with Gasteiger partial charge in [-0.2, -0.15) is 0 Å². The fraction of sp³-hybridized carbons (Fsp3) is 0. The van der Waals surface area contributed by atoms with Crippen LogP contribution in [-0.4, -0.2) is 0 Å². The van der Waals surface area contributed by atoms with E-state index in [4.69, 9.17) is 0 Å². The van der Waals surface area contributed by atoms with Gasteiger partial charge in [-0.1, -0.05) is 97.6 Å². The van der Waals surface area contributed by atoms with Crippen LogP contribution in [0, 0.1) is 0 Å². The predicted molar refractivity (Wildman–Crippen MR) is 95.9 cm³/mol. The molecule has 0 radical (unpaired) electrons. The first kappa shape index (κ1) is 14.6. The van der Waals surface area contributed by atoms with E-state index in [1.807, 2.05) is 84.9 Å². The fourth-order valence-electron chi connectivity index (χ4n) is 2.54. The van der Waals surface area contributed by atoms with Crippen molar-refractivity contribution in [1.82, 2.24) is 0 Å². The minimum atomic E-state index is -2.84. The van der Waals surface area contributed by atoms with Crippen LogP contribution in [0.5, 0.6) is 0 Å². The molecule has 2 heteroatoms. The lowest BCUT2D eigenvalue weighted by Gasteiger charge is -2.20. The van der Waals surface area contributed by atoms with Crippen LogP contribution in [0.3, 0.4) is 0 Å². The molecule has 0 saturated heterocycles. The monoisotopic (exact) mass is 304 g/mol. The zero-order chi connectivity index (χ0) is 15.4. The lowest BCUT2D eigenvalue weighted by atomic mass is 10.2. The summed E-state index contributed by atoms with van der Waals surface area (Å²) in [4.78, 5) is 0. The highest BCUT2D eigenvalue weighted by Gasteiger charge is 2.29. The zero-order valence-electron chi connectivity index (χ0n) is 12.2. The van der Waals surface area contributed by atoms with E-state index < -0.39 is 7.14 Å². The summed E-state index contributed by atoms with van der Waals surface area (Å²) in [7, 11) is -2.84. The Morgan fingerprint density at radius 1 is 0.636 bits per heavy atom. The molecule has 3 rings (SSSR count). The number of hydrogen-bond acceptors (Lipinski definition) is 1. The molecule has 0 saturated carbocycles. The molecule has 108 valence electrons. The van der Waals surface area contributed by atoms with Gasteiger partial charge in [-0.3, -0.25) is 0 Å². The molecule has 0 heterocycles. The van der Waals surface area contributed by atoms with Crippen LogP contribution in [0.4, 0.5) is 0 Å². The first-order chi connectivity index (χ1) is 10.7. The minimum Gasteiger partial charge on any atom is -0.309 e. The average molecular weight is 304 g/mol. The Kier molecular flexibility index (Phi) is 4.09. The fourth-order valence-corrected chi connectivity index (χ4v) is 5.19. The molecule has 0 aliphatic carbocycles. The van der Waals surface area contributed by atoms with E-state index in [1.54, 1.807) is 6.08 Å². The molecule has 0 aromatic heterocycles. The predicted octanol–water partition coefficient (Wildman–Crippen LogP) is 3.97. The van der Waals surface area contributed by atoms with Crippen LogP contribution in [0.2, 0.25) is 0 Å². The number of rotatable bonds is 4. The van der Waals surface area contributed by atoms with Crippen molar-refractivity contribution in [2.45, 2.75) is 0 Å². The van der Waals surface area contributed by atoms with Crippen LogP contribution in [0.25, 0.3) is 6.08 Å². The third-order valence-electron chi connectivity index (χ3n) is 3.73. The number of benzene rings is 3. The molecule has 0 amide bonds. The van der Waals surface area contributed by atoms with Crippen molar-refractivity contribution in [3.63, 3.8) is 0 Å². The normalized spacial score (nSPS) is 11.1. The van der Waals surface area contributed by atoms with E-state index >= 15 is 0 Å². The summed E-state index contributed by atoms with van der Waals surface area (Å²) in [5.74, 6) is 0. The molecule has 0 aliphatic rings. The van der Waals surface area contributed by atoms with Gasteiger partial charge >= 0.3 is 0 Å². The molecule has 0 N–H and O–H groups in total. The smallest absolute Gasteiger partial charge is 0.171 e. The van der Waals surface area contributed by atoms with Crippen molar-refractivity contribution >= 4 is 29.1 Å². The largest absolute Gasteiger partial charge is 0.309 e. The Morgan fingerprint density at radius 3 is 1.45 bits per heavy atom. The van der Waals surface area contributed by atoms with Crippen molar-refractivity contribution < 1.29 is 4.57 Å². The summed E-state index contributed by atoms with van der Waals surface area (Å²) in [6, 6.07) is 27.2. The second-order valence-electron chi connectivity index (χ2n) is 5.08. The molecule has 3 aromatic carbocycles. The highest BCUT2D eigenvalue weighted by molar-refractivity contribution is 7.85. The molecule has 1 nitrogen and oxygen atoms in total. The van der Waals surface area contributed by atoms with Gasteiger partial charge in [-0.15, -0.1) is 0 Å². The third-order valence-corrected chi connectivity index (χ3v) is 6.81. The molecule has 22 heavy (non-hydrogen) atoms. The van der Waals surface area contributed by atoms with Crippen LogP contribution < -0.4 is 15.9 Å². The number of hydrogen-bond donors (Lipinski definition) is 0. The zero-order valence-corrected chi connectivity index (χ0v) is 13.1. The van der Waals surface area contributed by atoms with Crippen molar-refractivity contribution in [3.05, 3.63) is 97.1 Å². The van der Waals surface area contributed by atoms with Gasteiger partial charge in [0.25, 0.3) is 0 Å². The van der Waals surface area contributed by atoms with Gasteiger partial charge in [0.05, 0.1) is 0 Å². The van der Waals surface area contributed by atoms with Crippen molar-refractivity contribution in [2.24, 2.45) is 0 Å². The van der Waals surface area contributed by atoms with Gasteiger partial charge in [0.1, 0.15) is 0 Å². The van der Waals surface area contributed by atoms with Gasteiger partial charge in [-0.25, -0.2) is 0 Å². The van der Waals surface area contributed by atoms with E-state index in [-0.39, 0.29) is 0 Å². The molecular weight excluding hydrogens is 287 g/mol. The quantitative estimate of drug-likeness (QED) is 0.667. The Morgan fingerprint density at radius 2 is 1.05 bits per heavy atom. The van der Waals surface area contributed by atoms with E-state index in [9.17, 15) is 4.57 Å². The van der Waals surface area contributed by atoms with Crippen molar-refractivity contribution in [2.75, 3.05) is 0 Å². The average Bonchev–Trinajstić information content (AvgIpc) is 2.62. The van der Waals surface area contributed by atoms with Gasteiger partial charge in [0.15, 0.2) is 7.14 Å². The van der Waals surface area contributed by atoms with Crippen LogP contribution in [0.1, 0.15) is 5.56 Å². The van der Waals surface area contributed by atoms with E-state index in [1.165, 1.54) is 0 Å². The minimum absolute atomic E-state index is 0.843. The molecule has 3 aromatic rings. The molecule has 0 unspecified atom stereocenters. The first-order valence-electron chi connectivity index (χ1n) is 7.19. The lowest BCUT2D eigenvalue weighted by molar-refractivity contribution is 0.592. The molecule has 0 atom stereocenters. The Bertz CT molecular complexity index is 762. The SMILES string of the molecule is C=Cc1ccc(P(=O)(c2ccccc2)c2ccccc2)cc1. The molecular formula is C20H17OP. The van der Waals surface area contributed by atoms with Crippen LogP contribution >= 0.6 is 7.14 Å². The maximum Gasteiger partial charge on any atom is 0.171 e. The molecule has 0 aliphatic heterocycles. The van der Waals surface area contributed by atoms with Crippen LogP contribution in [0.15, 0.2) is 91.5 Å². The maximum absolute atomic E-state index is 14.0. The highest BCUT2D eigenvalue weighted by Crippen LogP contribution is 2.42. The van der Waals surface area contributed by atoms with Crippen LogP contribution in [-0.2, 0) is 4.57 Å². The third kappa shape index (κ3) is 2.56. The Labute approximate surface area is 131 Å². The molecule has 0 spiro atoms. The summed E-state index contributed by atoms with van der Waals surface area (Å²) in [6.45, 7) is 3.77. The summed E-state index contributed by atoms with van der Waals surface area (Å²) >= 11 is 0. The van der Waals surface area contributed by atoms with Gasteiger partial charge < -0.3 is 4.57 Å².